The number of nitrogens with zero attached hydrogens (tertiary/aromatic N) is 1. The van der Waals surface area contributed by atoms with Crippen LogP contribution in [0.25, 0.3) is 0 Å². The Hall–Kier alpha value is -1.38. The van der Waals surface area contributed by atoms with E-state index in [2.05, 4.69) is 10.3 Å². The molecule has 1 rings (SSSR count). The summed E-state index contributed by atoms with van der Waals surface area (Å²) in [4.78, 5) is 13.0. The van der Waals surface area contributed by atoms with Gasteiger partial charge in [-0.25, -0.2) is 13.2 Å². The van der Waals surface area contributed by atoms with Crippen LogP contribution in [0.15, 0.2) is 17.2 Å². The Balaban J connectivity index is 2.92. The van der Waals surface area contributed by atoms with Crippen LogP contribution in [0.4, 0.5) is 0 Å². The van der Waals surface area contributed by atoms with Gasteiger partial charge in [0.05, 0.1) is 0 Å². The van der Waals surface area contributed by atoms with Gasteiger partial charge in [-0.05, 0) is 13.1 Å². The lowest BCUT2D eigenvalue weighted by Gasteiger charge is -2.15. The number of aromatic carboxylic acids is 1. The van der Waals surface area contributed by atoms with Gasteiger partial charge in [-0.1, -0.05) is 0 Å². The van der Waals surface area contributed by atoms with Gasteiger partial charge >= 0.3 is 5.97 Å². The fourth-order valence-electron chi connectivity index (χ4n) is 1.22. The van der Waals surface area contributed by atoms with Crippen LogP contribution in [-0.4, -0.2) is 56.0 Å². The number of likely N-dealkylation sites (N-methyl/N-ethyl adjacent to an activating group) is 2. The lowest BCUT2D eigenvalue weighted by Crippen LogP contribution is -2.32. The summed E-state index contributed by atoms with van der Waals surface area (Å²) in [7, 11) is -0.459. The van der Waals surface area contributed by atoms with Crippen LogP contribution in [0.3, 0.4) is 0 Å². The molecule has 1 aromatic heterocycles. The standard InChI is InChI=1S/C9H15N3O4S/c1-10-3-4-12(2)17(15,16)7-5-8(9(13)14)11-6-7/h5-6,10-11H,3-4H2,1-2H3,(H,13,14). The fourth-order valence-corrected chi connectivity index (χ4v) is 2.38. The van der Waals surface area contributed by atoms with Gasteiger partial charge in [0.15, 0.2) is 0 Å². The SMILES string of the molecule is CNCCN(C)S(=O)(=O)c1c[nH]c(C(=O)O)c1. The zero-order valence-corrected chi connectivity index (χ0v) is 10.4. The number of sulfonamides is 1. The van der Waals surface area contributed by atoms with Gasteiger partial charge in [0.25, 0.3) is 0 Å². The quantitative estimate of drug-likeness (QED) is 0.644. The second-order valence-corrected chi connectivity index (χ2v) is 5.53. The number of H-pyrrole nitrogens is 1. The summed E-state index contributed by atoms with van der Waals surface area (Å²) in [5, 5.41) is 11.5. The number of aromatic nitrogens is 1. The molecule has 0 aromatic carbocycles. The normalized spacial score (nSPS) is 11.9. The Kier molecular flexibility index (Phi) is 4.27. The lowest BCUT2D eigenvalue weighted by molar-refractivity contribution is 0.0691. The highest BCUT2D eigenvalue weighted by atomic mass is 32.2. The Morgan fingerprint density at radius 2 is 2.24 bits per heavy atom. The van der Waals surface area contributed by atoms with Gasteiger partial charge in [-0.15, -0.1) is 0 Å². The summed E-state index contributed by atoms with van der Waals surface area (Å²) in [6, 6.07) is 1.10. The minimum atomic E-state index is -3.63. The Morgan fingerprint density at radius 1 is 1.59 bits per heavy atom. The second kappa shape index (κ2) is 5.30. The summed E-state index contributed by atoms with van der Waals surface area (Å²) in [6.45, 7) is 0.832. The number of carbonyl (C=O) groups is 1. The highest BCUT2D eigenvalue weighted by Crippen LogP contribution is 2.15. The molecule has 0 aliphatic heterocycles. The van der Waals surface area contributed by atoms with E-state index in [1.165, 1.54) is 13.2 Å². The smallest absolute Gasteiger partial charge is 0.352 e. The Morgan fingerprint density at radius 3 is 2.71 bits per heavy atom. The van der Waals surface area contributed by atoms with E-state index in [0.717, 1.165) is 10.4 Å². The van der Waals surface area contributed by atoms with E-state index >= 15 is 0 Å². The average Bonchev–Trinajstić information content (AvgIpc) is 2.75. The summed E-state index contributed by atoms with van der Waals surface area (Å²) in [5.74, 6) is -1.19. The van der Waals surface area contributed by atoms with Crippen molar-refractivity contribution in [2.24, 2.45) is 0 Å². The molecule has 0 unspecified atom stereocenters. The summed E-state index contributed by atoms with van der Waals surface area (Å²) >= 11 is 0. The zero-order valence-electron chi connectivity index (χ0n) is 9.60. The monoisotopic (exact) mass is 261 g/mol. The first-order valence-corrected chi connectivity index (χ1v) is 6.36. The molecule has 96 valence electrons. The topological polar surface area (TPSA) is 103 Å². The van der Waals surface area contributed by atoms with Crippen LogP contribution in [0.5, 0.6) is 0 Å². The van der Waals surface area contributed by atoms with Crippen molar-refractivity contribution >= 4 is 16.0 Å². The predicted molar refractivity (Wildman–Crippen MR) is 61.5 cm³/mol. The third kappa shape index (κ3) is 3.05. The number of nitrogens with one attached hydrogen (secondary N) is 2. The molecule has 0 saturated heterocycles. The average molecular weight is 261 g/mol. The van der Waals surface area contributed by atoms with Gasteiger partial charge in [0.2, 0.25) is 10.0 Å². The highest BCUT2D eigenvalue weighted by Gasteiger charge is 2.22. The van der Waals surface area contributed by atoms with Crippen molar-refractivity contribution in [3.63, 3.8) is 0 Å². The molecule has 7 nitrogen and oxygen atoms in total. The molecule has 8 heteroatoms. The molecule has 1 heterocycles. The highest BCUT2D eigenvalue weighted by molar-refractivity contribution is 7.89. The van der Waals surface area contributed by atoms with E-state index in [0.29, 0.717) is 13.1 Å². The third-order valence-corrected chi connectivity index (χ3v) is 4.11. The van der Waals surface area contributed by atoms with Gasteiger partial charge < -0.3 is 15.4 Å². The van der Waals surface area contributed by atoms with Crippen molar-refractivity contribution < 1.29 is 18.3 Å². The maximum Gasteiger partial charge on any atom is 0.352 e. The summed E-state index contributed by atoms with van der Waals surface area (Å²) in [5.41, 5.74) is -0.148. The van der Waals surface area contributed by atoms with Crippen molar-refractivity contribution in [2.45, 2.75) is 4.90 Å². The molecule has 0 spiro atoms. The van der Waals surface area contributed by atoms with E-state index in [1.54, 1.807) is 7.05 Å². The number of hydrogen-bond donors (Lipinski definition) is 3. The van der Waals surface area contributed by atoms with Crippen molar-refractivity contribution in [3.8, 4) is 0 Å². The van der Waals surface area contributed by atoms with E-state index in [1.807, 2.05) is 0 Å². The number of carboxylic acids is 1. The predicted octanol–water partition coefficient (Wildman–Crippen LogP) is -0.447. The fraction of sp³-hybridized carbons (Fsp3) is 0.444. The lowest BCUT2D eigenvalue weighted by atomic mass is 10.4. The molecule has 17 heavy (non-hydrogen) atoms. The van der Waals surface area contributed by atoms with Gasteiger partial charge in [0, 0.05) is 26.3 Å². The summed E-state index contributed by atoms with van der Waals surface area (Å²) in [6.07, 6.45) is 1.18. The van der Waals surface area contributed by atoms with Crippen LogP contribution in [0.2, 0.25) is 0 Å². The first-order chi connectivity index (χ1) is 7.89. The van der Waals surface area contributed by atoms with E-state index in [4.69, 9.17) is 5.11 Å². The van der Waals surface area contributed by atoms with Crippen LogP contribution >= 0.6 is 0 Å². The molecular formula is C9H15N3O4S. The van der Waals surface area contributed by atoms with Crippen LogP contribution < -0.4 is 5.32 Å². The van der Waals surface area contributed by atoms with Crippen molar-refractivity contribution in [3.05, 3.63) is 18.0 Å². The summed E-state index contributed by atoms with van der Waals surface area (Å²) < 4.78 is 25.1. The maximum atomic E-state index is 12.0. The third-order valence-electron chi connectivity index (χ3n) is 2.27. The molecule has 0 amide bonds. The zero-order chi connectivity index (χ0) is 13.1. The Bertz CT molecular complexity index is 494. The molecule has 0 radical (unpaired) electrons. The second-order valence-electron chi connectivity index (χ2n) is 3.48. The van der Waals surface area contributed by atoms with Gasteiger partial charge in [-0.3, -0.25) is 0 Å². The molecular weight excluding hydrogens is 246 g/mol. The maximum absolute atomic E-state index is 12.0. The number of carboxylic acid groups (broad SMARTS) is 1. The van der Waals surface area contributed by atoms with Crippen LogP contribution in [0, 0.1) is 0 Å². The van der Waals surface area contributed by atoms with Crippen LogP contribution in [-0.2, 0) is 10.0 Å². The molecule has 0 atom stereocenters. The van der Waals surface area contributed by atoms with Crippen molar-refractivity contribution in [1.29, 1.82) is 0 Å². The van der Waals surface area contributed by atoms with Gasteiger partial charge in [0.1, 0.15) is 10.6 Å². The molecule has 0 aliphatic carbocycles. The first-order valence-electron chi connectivity index (χ1n) is 4.92. The van der Waals surface area contributed by atoms with E-state index in [-0.39, 0.29) is 10.6 Å². The number of aromatic amines is 1. The minimum Gasteiger partial charge on any atom is -0.477 e. The molecule has 0 saturated carbocycles. The molecule has 1 aromatic rings. The van der Waals surface area contributed by atoms with E-state index in [9.17, 15) is 13.2 Å². The number of hydrogen-bond acceptors (Lipinski definition) is 4. The van der Waals surface area contributed by atoms with E-state index < -0.39 is 16.0 Å². The van der Waals surface area contributed by atoms with Crippen molar-refractivity contribution in [2.75, 3.05) is 27.2 Å². The Labute approximate surface area is 99.5 Å². The number of rotatable bonds is 6. The molecule has 3 N–H and O–H groups in total. The van der Waals surface area contributed by atoms with Crippen LogP contribution in [0.1, 0.15) is 10.5 Å². The van der Waals surface area contributed by atoms with Gasteiger partial charge in [-0.2, -0.15) is 4.31 Å². The molecule has 0 bridgehead atoms. The molecule has 0 fully saturated rings. The minimum absolute atomic E-state index is 0.0477. The first kappa shape index (κ1) is 13.7. The van der Waals surface area contributed by atoms with Crippen molar-refractivity contribution in [1.82, 2.24) is 14.6 Å². The molecule has 0 aliphatic rings. The largest absolute Gasteiger partial charge is 0.477 e.